The fraction of sp³-hybridized carbons (Fsp3) is 0.300. The van der Waals surface area contributed by atoms with Gasteiger partial charge in [-0.3, -0.25) is 9.36 Å². The van der Waals surface area contributed by atoms with Crippen molar-refractivity contribution in [2.75, 3.05) is 11.1 Å². The number of thioether (sulfide) groups is 1. The maximum atomic E-state index is 12.5. The number of nitriles is 1. The molecule has 3 aromatic rings. The fourth-order valence-electron chi connectivity index (χ4n) is 3.33. The maximum absolute atomic E-state index is 12.5. The van der Waals surface area contributed by atoms with Crippen LogP contribution in [0.1, 0.15) is 35.3 Å². The van der Waals surface area contributed by atoms with Crippen LogP contribution in [-0.4, -0.2) is 26.4 Å². The first-order valence-corrected chi connectivity index (χ1v) is 11.0. The van der Waals surface area contributed by atoms with E-state index in [9.17, 15) is 10.1 Å². The van der Waals surface area contributed by atoms with Gasteiger partial charge in [0.25, 0.3) is 0 Å². The van der Waals surface area contributed by atoms with Crippen molar-refractivity contribution < 1.29 is 4.79 Å². The molecule has 1 aliphatic carbocycles. The van der Waals surface area contributed by atoms with E-state index in [1.54, 1.807) is 17.7 Å². The molecule has 1 aromatic carbocycles. The highest BCUT2D eigenvalue weighted by atomic mass is 32.2. The van der Waals surface area contributed by atoms with Gasteiger partial charge in [0.1, 0.15) is 17.4 Å². The lowest BCUT2D eigenvalue weighted by Crippen LogP contribution is -2.14. The highest BCUT2D eigenvalue weighted by Gasteiger charge is 2.21. The van der Waals surface area contributed by atoms with Gasteiger partial charge in [0.05, 0.1) is 11.3 Å². The minimum Gasteiger partial charge on any atom is -0.316 e. The number of fused-ring (bicyclic) bond motifs is 1. The van der Waals surface area contributed by atoms with Gasteiger partial charge >= 0.3 is 0 Å². The zero-order valence-electron chi connectivity index (χ0n) is 15.2. The van der Waals surface area contributed by atoms with Crippen LogP contribution in [0.3, 0.4) is 0 Å². The Hall–Kier alpha value is -2.63. The van der Waals surface area contributed by atoms with Gasteiger partial charge in [-0.15, -0.1) is 21.5 Å². The number of hydrogen-bond donors (Lipinski definition) is 1. The van der Waals surface area contributed by atoms with E-state index in [1.807, 2.05) is 34.9 Å². The van der Waals surface area contributed by atoms with Crippen LogP contribution in [-0.2, 0) is 17.6 Å². The lowest BCUT2D eigenvalue weighted by Gasteiger charge is -2.06. The van der Waals surface area contributed by atoms with Crippen LogP contribution in [0.25, 0.3) is 5.69 Å². The van der Waals surface area contributed by atoms with Gasteiger partial charge in [-0.2, -0.15) is 5.26 Å². The largest absolute Gasteiger partial charge is 0.316 e. The molecule has 4 rings (SSSR count). The molecule has 0 atom stereocenters. The second-order valence-electron chi connectivity index (χ2n) is 6.54. The first-order valence-electron chi connectivity index (χ1n) is 9.19. The molecule has 2 aromatic heterocycles. The summed E-state index contributed by atoms with van der Waals surface area (Å²) in [4.78, 5) is 13.8. The van der Waals surface area contributed by atoms with Crippen molar-refractivity contribution in [3.63, 3.8) is 0 Å². The van der Waals surface area contributed by atoms with Crippen molar-refractivity contribution in [2.24, 2.45) is 0 Å². The molecule has 1 amide bonds. The predicted octanol–water partition coefficient (Wildman–Crippen LogP) is 4.20. The normalized spacial score (nSPS) is 13.4. The molecule has 142 valence electrons. The summed E-state index contributed by atoms with van der Waals surface area (Å²) in [6, 6.07) is 12.1. The van der Waals surface area contributed by atoms with Crippen molar-refractivity contribution >= 4 is 34.0 Å². The molecule has 8 heteroatoms. The van der Waals surface area contributed by atoms with Crippen molar-refractivity contribution in [3.05, 3.63) is 52.7 Å². The molecule has 0 bridgehead atoms. The Labute approximate surface area is 171 Å². The first-order chi connectivity index (χ1) is 13.8. The lowest BCUT2D eigenvalue weighted by molar-refractivity contribution is -0.113. The third kappa shape index (κ3) is 3.96. The molecule has 28 heavy (non-hydrogen) atoms. The monoisotopic (exact) mass is 409 g/mol. The third-order valence-corrected chi connectivity index (χ3v) is 6.82. The molecule has 0 radical (unpaired) electrons. The second kappa shape index (κ2) is 8.59. The minimum atomic E-state index is -0.138. The number of benzene rings is 1. The predicted molar refractivity (Wildman–Crippen MR) is 111 cm³/mol. The quantitative estimate of drug-likeness (QED) is 0.504. The van der Waals surface area contributed by atoms with Crippen LogP contribution >= 0.6 is 23.1 Å². The number of nitrogens with one attached hydrogen (secondary N) is 1. The van der Waals surface area contributed by atoms with Crippen LogP contribution in [0.4, 0.5) is 5.00 Å². The van der Waals surface area contributed by atoms with E-state index in [0.29, 0.717) is 15.7 Å². The SMILES string of the molecule is N#Cc1c(NC(=O)CSc2nncn2-c2ccccc2)sc2c1CCCCC2. The van der Waals surface area contributed by atoms with Gasteiger partial charge in [0.15, 0.2) is 5.16 Å². The molecular weight excluding hydrogens is 390 g/mol. The van der Waals surface area contributed by atoms with Gasteiger partial charge in [0.2, 0.25) is 5.91 Å². The van der Waals surface area contributed by atoms with Crippen molar-refractivity contribution in [3.8, 4) is 11.8 Å². The van der Waals surface area contributed by atoms with Crippen molar-refractivity contribution in [1.29, 1.82) is 5.26 Å². The Morgan fingerprint density at radius 2 is 2.07 bits per heavy atom. The zero-order chi connectivity index (χ0) is 19.3. The molecule has 0 unspecified atom stereocenters. The Bertz CT molecular complexity index is 1020. The number of rotatable bonds is 5. The smallest absolute Gasteiger partial charge is 0.235 e. The van der Waals surface area contributed by atoms with E-state index < -0.39 is 0 Å². The van der Waals surface area contributed by atoms with E-state index >= 15 is 0 Å². The molecule has 0 fully saturated rings. The Morgan fingerprint density at radius 3 is 2.89 bits per heavy atom. The van der Waals surface area contributed by atoms with E-state index in [2.05, 4.69) is 21.6 Å². The highest BCUT2D eigenvalue weighted by molar-refractivity contribution is 7.99. The molecule has 0 saturated carbocycles. The van der Waals surface area contributed by atoms with Gasteiger partial charge in [-0.05, 0) is 43.4 Å². The number of aromatic nitrogens is 3. The molecule has 0 spiro atoms. The number of hydrogen-bond acceptors (Lipinski definition) is 6. The number of para-hydroxylation sites is 1. The maximum Gasteiger partial charge on any atom is 0.235 e. The number of anilines is 1. The van der Waals surface area contributed by atoms with Gasteiger partial charge in [-0.25, -0.2) is 0 Å². The molecule has 0 aliphatic heterocycles. The molecule has 6 nitrogen and oxygen atoms in total. The lowest BCUT2D eigenvalue weighted by atomic mass is 10.1. The Morgan fingerprint density at radius 1 is 1.25 bits per heavy atom. The van der Waals surface area contributed by atoms with Crippen LogP contribution < -0.4 is 5.32 Å². The number of amides is 1. The summed E-state index contributed by atoms with van der Waals surface area (Å²) in [6.45, 7) is 0. The average molecular weight is 410 g/mol. The summed E-state index contributed by atoms with van der Waals surface area (Å²) in [5, 5.41) is 21.9. The number of aryl methyl sites for hydroxylation is 1. The van der Waals surface area contributed by atoms with E-state index in [1.165, 1.54) is 23.1 Å². The van der Waals surface area contributed by atoms with E-state index in [-0.39, 0.29) is 11.7 Å². The molecule has 2 heterocycles. The van der Waals surface area contributed by atoms with E-state index in [0.717, 1.165) is 36.9 Å². The topological polar surface area (TPSA) is 83.6 Å². The van der Waals surface area contributed by atoms with E-state index in [4.69, 9.17) is 0 Å². The highest BCUT2D eigenvalue weighted by Crippen LogP contribution is 2.37. The number of carbonyl (C=O) groups is 1. The number of thiophene rings is 1. The number of carbonyl (C=O) groups excluding carboxylic acids is 1. The third-order valence-electron chi connectivity index (χ3n) is 4.67. The molecular formula is C20H19N5OS2. The second-order valence-corrected chi connectivity index (χ2v) is 8.58. The molecule has 0 saturated heterocycles. The van der Waals surface area contributed by atoms with Crippen LogP contribution in [0.5, 0.6) is 0 Å². The minimum absolute atomic E-state index is 0.138. The average Bonchev–Trinajstić information content (AvgIpc) is 3.24. The summed E-state index contributed by atoms with van der Waals surface area (Å²) in [5.41, 5.74) is 2.73. The van der Waals surface area contributed by atoms with Crippen molar-refractivity contribution in [1.82, 2.24) is 14.8 Å². The summed E-state index contributed by atoms with van der Waals surface area (Å²) < 4.78 is 1.85. The van der Waals surface area contributed by atoms with Gasteiger partial charge in [-0.1, -0.05) is 36.4 Å². The summed E-state index contributed by atoms with van der Waals surface area (Å²) in [6.07, 6.45) is 7.03. The molecule has 1 N–H and O–H groups in total. The molecule has 1 aliphatic rings. The summed E-state index contributed by atoms with van der Waals surface area (Å²) in [5.74, 6) is 0.0689. The first kappa shape index (κ1) is 18.7. The number of nitrogens with zero attached hydrogens (tertiary/aromatic N) is 4. The van der Waals surface area contributed by atoms with Crippen molar-refractivity contribution in [2.45, 2.75) is 37.3 Å². The van der Waals surface area contributed by atoms with Gasteiger partial charge < -0.3 is 5.32 Å². The van der Waals surface area contributed by atoms with Crippen LogP contribution in [0, 0.1) is 11.3 Å². The van der Waals surface area contributed by atoms with Gasteiger partial charge in [0, 0.05) is 10.6 Å². The zero-order valence-corrected chi connectivity index (χ0v) is 16.9. The van der Waals surface area contributed by atoms with Crippen LogP contribution in [0.15, 0.2) is 41.8 Å². The summed E-state index contributed by atoms with van der Waals surface area (Å²) >= 11 is 2.88. The van der Waals surface area contributed by atoms with Crippen LogP contribution in [0.2, 0.25) is 0 Å². The fourth-order valence-corrected chi connectivity index (χ4v) is 5.32. The summed E-state index contributed by atoms with van der Waals surface area (Å²) in [7, 11) is 0. The standard InChI is InChI=1S/C20H19N5OS2/c21-11-16-15-9-5-2-6-10-17(15)28-19(16)23-18(26)12-27-20-24-22-13-25(20)14-7-3-1-4-8-14/h1,3-4,7-8,13H,2,5-6,9-10,12H2,(H,23,26). The Balaban J connectivity index is 1.44. The Kier molecular flexibility index (Phi) is 5.74.